The number of amides is 2. The Hall–Kier alpha value is -3.07. The number of alkyl carbamates (subject to hydrolysis) is 1. The minimum absolute atomic E-state index is 0.130. The molecule has 0 atom stereocenters. The second-order valence-electron chi connectivity index (χ2n) is 3.82. The van der Waals surface area contributed by atoms with Gasteiger partial charge in [-0.05, 0) is 30.7 Å². The molecule has 0 aliphatic carbocycles. The normalized spacial score (nSPS) is 11.0. The molecule has 6 heteroatoms. The molecule has 0 saturated heterocycles. The molecule has 0 aliphatic heterocycles. The molecular weight excluding hydrogens is 272 g/mol. The molecule has 6 nitrogen and oxygen atoms in total. The van der Waals surface area contributed by atoms with E-state index in [1.54, 1.807) is 31.2 Å². The molecular formula is C15H14N2O4. The van der Waals surface area contributed by atoms with Gasteiger partial charge in [-0.1, -0.05) is 24.3 Å². The van der Waals surface area contributed by atoms with E-state index < -0.39 is 12.0 Å². The molecule has 0 radical (unpaired) electrons. The number of rotatable bonds is 4. The molecule has 0 spiro atoms. The number of aromatic hydroxyl groups is 1. The highest BCUT2D eigenvalue weighted by Gasteiger charge is 2.12. The van der Waals surface area contributed by atoms with Crippen LogP contribution in [0, 0.1) is 11.3 Å². The van der Waals surface area contributed by atoms with Crippen LogP contribution in [0.25, 0.3) is 6.08 Å². The molecule has 0 unspecified atom stereocenters. The lowest BCUT2D eigenvalue weighted by atomic mass is 10.2. The Morgan fingerprint density at radius 2 is 2.05 bits per heavy atom. The fourth-order valence-electron chi connectivity index (χ4n) is 1.33. The fraction of sp³-hybridized carbons (Fsp3) is 0.133. The maximum atomic E-state index is 11.6. The molecule has 0 saturated carbocycles. The highest BCUT2D eigenvalue weighted by atomic mass is 16.5. The molecule has 0 bridgehead atoms. The minimum atomic E-state index is -0.897. The van der Waals surface area contributed by atoms with Gasteiger partial charge in [-0.15, -0.1) is 0 Å². The molecule has 0 fully saturated rings. The average molecular weight is 286 g/mol. The van der Waals surface area contributed by atoms with Gasteiger partial charge in [0.1, 0.15) is 17.4 Å². The summed E-state index contributed by atoms with van der Waals surface area (Å²) in [5, 5.41) is 19.9. The molecule has 1 aromatic rings. The number of ether oxygens (including phenoxy) is 1. The van der Waals surface area contributed by atoms with Crippen LogP contribution >= 0.6 is 0 Å². The van der Waals surface area contributed by atoms with Crippen LogP contribution in [0.15, 0.2) is 42.0 Å². The summed E-state index contributed by atoms with van der Waals surface area (Å²) in [5.41, 5.74) is 0.560. The molecule has 2 N–H and O–H groups in total. The molecule has 21 heavy (non-hydrogen) atoms. The van der Waals surface area contributed by atoms with Gasteiger partial charge in [0, 0.05) is 0 Å². The SMILES string of the molecule is CCOC(=O)NC(=O)/C(C#N)=C/C=C/c1ccc(O)cc1. The van der Waals surface area contributed by atoms with Crippen molar-refractivity contribution in [1.29, 1.82) is 5.26 Å². The van der Waals surface area contributed by atoms with Crippen molar-refractivity contribution in [2.45, 2.75) is 6.92 Å². The van der Waals surface area contributed by atoms with Gasteiger partial charge in [0.05, 0.1) is 6.61 Å². The molecule has 1 rings (SSSR count). The summed E-state index contributed by atoms with van der Waals surface area (Å²) < 4.78 is 4.54. The number of nitriles is 1. The summed E-state index contributed by atoms with van der Waals surface area (Å²) in [6.07, 6.45) is 3.53. The predicted molar refractivity (Wildman–Crippen MR) is 76.0 cm³/mol. The van der Waals surface area contributed by atoms with Crippen LogP contribution in [0.3, 0.4) is 0 Å². The van der Waals surface area contributed by atoms with Crippen LogP contribution in [0.5, 0.6) is 5.75 Å². The Labute approximate surface area is 122 Å². The van der Waals surface area contributed by atoms with Gasteiger partial charge >= 0.3 is 6.09 Å². The van der Waals surface area contributed by atoms with E-state index in [0.717, 1.165) is 5.56 Å². The van der Waals surface area contributed by atoms with E-state index in [4.69, 9.17) is 10.4 Å². The number of allylic oxidation sites excluding steroid dienone is 2. The van der Waals surface area contributed by atoms with Gasteiger partial charge in [-0.25, -0.2) is 4.79 Å². The molecule has 0 heterocycles. The maximum Gasteiger partial charge on any atom is 0.414 e. The first-order chi connectivity index (χ1) is 10.1. The Balaban J connectivity index is 2.71. The standard InChI is InChI=1S/C15H14N2O4/c1-2-21-15(20)17-14(19)12(10-16)5-3-4-11-6-8-13(18)9-7-11/h3-9,18H,2H2,1H3,(H,17,19,20)/b4-3+,12-5+. The van der Waals surface area contributed by atoms with E-state index in [1.807, 2.05) is 5.32 Å². The second-order valence-corrected chi connectivity index (χ2v) is 3.82. The lowest BCUT2D eigenvalue weighted by Crippen LogP contribution is -2.31. The zero-order chi connectivity index (χ0) is 15.7. The van der Waals surface area contributed by atoms with Gasteiger partial charge < -0.3 is 9.84 Å². The summed E-state index contributed by atoms with van der Waals surface area (Å²) in [7, 11) is 0. The number of nitrogens with zero attached hydrogens (tertiary/aromatic N) is 1. The van der Waals surface area contributed by atoms with Gasteiger partial charge in [0.25, 0.3) is 5.91 Å². The van der Waals surface area contributed by atoms with Crippen LogP contribution in [-0.2, 0) is 9.53 Å². The number of imide groups is 1. The van der Waals surface area contributed by atoms with E-state index in [2.05, 4.69) is 4.74 Å². The highest BCUT2D eigenvalue weighted by Crippen LogP contribution is 2.10. The van der Waals surface area contributed by atoms with Crippen molar-refractivity contribution in [2.24, 2.45) is 0 Å². The molecule has 1 aromatic carbocycles. The topological polar surface area (TPSA) is 99.4 Å². The number of phenolic OH excluding ortho intramolecular Hbond substituents is 1. The van der Waals surface area contributed by atoms with E-state index in [1.165, 1.54) is 24.3 Å². The zero-order valence-corrected chi connectivity index (χ0v) is 11.4. The van der Waals surface area contributed by atoms with Crippen molar-refractivity contribution in [3.63, 3.8) is 0 Å². The smallest absolute Gasteiger partial charge is 0.414 e. The quantitative estimate of drug-likeness (QED) is 0.502. The van der Waals surface area contributed by atoms with Gasteiger partial charge in [0.2, 0.25) is 0 Å². The molecule has 0 aromatic heterocycles. The molecule has 108 valence electrons. The Morgan fingerprint density at radius 3 is 2.62 bits per heavy atom. The van der Waals surface area contributed by atoms with Crippen molar-refractivity contribution in [3.05, 3.63) is 47.6 Å². The van der Waals surface area contributed by atoms with Crippen molar-refractivity contribution in [2.75, 3.05) is 6.61 Å². The lowest BCUT2D eigenvalue weighted by Gasteiger charge is -2.02. The highest BCUT2D eigenvalue weighted by molar-refractivity contribution is 6.05. The third kappa shape index (κ3) is 5.61. The second kappa shape index (κ2) is 8.17. The zero-order valence-electron chi connectivity index (χ0n) is 11.4. The van der Waals surface area contributed by atoms with Crippen LogP contribution < -0.4 is 5.32 Å². The van der Waals surface area contributed by atoms with Crippen molar-refractivity contribution in [3.8, 4) is 11.8 Å². The Kier molecular flexibility index (Phi) is 6.22. The summed E-state index contributed by atoms with van der Waals surface area (Å²) >= 11 is 0. The van der Waals surface area contributed by atoms with E-state index in [9.17, 15) is 9.59 Å². The number of phenols is 1. The lowest BCUT2D eigenvalue weighted by molar-refractivity contribution is -0.116. The van der Waals surface area contributed by atoms with E-state index >= 15 is 0 Å². The van der Waals surface area contributed by atoms with Crippen molar-refractivity contribution in [1.82, 2.24) is 5.32 Å². The first-order valence-corrected chi connectivity index (χ1v) is 6.12. The van der Waals surface area contributed by atoms with Crippen LogP contribution in [0.1, 0.15) is 12.5 Å². The Bertz CT molecular complexity index is 610. The summed E-state index contributed by atoms with van der Waals surface area (Å²) in [6.45, 7) is 1.73. The first kappa shape index (κ1) is 16.0. The monoisotopic (exact) mass is 286 g/mol. The van der Waals surface area contributed by atoms with Crippen LogP contribution in [-0.4, -0.2) is 23.7 Å². The number of hydrogen-bond acceptors (Lipinski definition) is 5. The van der Waals surface area contributed by atoms with Gasteiger partial charge in [-0.3, -0.25) is 10.1 Å². The number of carbonyl (C=O) groups excluding carboxylic acids is 2. The van der Waals surface area contributed by atoms with E-state index in [0.29, 0.717) is 0 Å². The fourth-order valence-corrected chi connectivity index (χ4v) is 1.33. The minimum Gasteiger partial charge on any atom is -0.508 e. The predicted octanol–water partition coefficient (Wildman–Crippen LogP) is 2.13. The number of benzene rings is 1. The summed E-state index contributed by atoms with van der Waals surface area (Å²) in [5.74, 6) is -0.680. The number of hydrogen-bond donors (Lipinski definition) is 2. The largest absolute Gasteiger partial charge is 0.508 e. The van der Waals surface area contributed by atoms with Crippen molar-refractivity contribution < 1.29 is 19.4 Å². The Morgan fingerprint density at radius 1 is 1.38 bits per heavy atom. The average Bonchev–Trinajstić information content (AvgIpc) is 2.45. The number of nitrogens with one attached hydrogen (secondary N) is 1. The third-order valence-electron chi connectivity index (χ3n) is 2.30. The molecule has 2 amide bonds. The van der Waals surface area contributed by atoms with Crippen LogP contribution in [0.2, 0.25) is 0 Å². The molecule has 0 aliphatic rings. The third-order valence-corrected chi connectivity index (χ3v) is 2.30. The maximum absolute atomic E-state index is 11.6. The van der Waals surface area contributed by atoms with Crippen molar-refractivity contribution >= 4 is 18.1 Å². The summed E-state index contributed by atoms with van der Waals surface area (Å²) in [6, 6.07) is 8.07. The van der Waals surface area contributed by atoms with Gasteiger partial charge in [0.15, 0.2) is 0 Å². The van der Waals surface area contributed by atoms with E-state index in [-0.39, 0.29) is 17.9 Å². The van der Waals surface area contributed by atoms with Crippen LogP contribution in [0.4, 0.5) is 4.79 Å². The summed E-state index contributed by atoms with van der Waals surface area (Å²) in [4.78, 5) is 22.6. The number of carbonyl (C=O) groups is 2. The first-order valence-electron chi connectivity index (χ1n) is 6.12. The van der Waals surface area contributed by atoms with Gasteiger partial charge in [-0.2, -0.15) is 5.26 Å².